The van der Waals surface area contributed by atoms with Gasteiger partial charge < -0.3 is 9.72 Å². The summed E-state index contributed by atoms with van der Waals surface area (Å²) >= 11 is 0. The number of carbonyl (C=O) groups is 1. The highest BCUT2D eigenvalue weighted by atomic mass is 19.1. The number of nitrogens with one attached hydrogen (secondary N) is 1. The molecule has 0 bridgehead atoms. The molecule has 1 aliphatic rings. The van der Waals surface area contributed by atoms with Gasteiger partial charge in [-0.15, -0.1) is 0 Å². The summed E-state index contributed by atoms with van der Waals surface area (Å²) in [6.45, 7) is 0.327. The Morgan fingerprint density at radius 3 is 2.78 bits per heavy atom. The second kappa shape index (κ2) is 5.19. The van der Waals surface area contributed by atoms with E-state index in [0.29, 0.717) is 24.9 Å². The fourth-order valence-electron chi connectivity index (χ4n) is 3.05. The van der Waals surface area contributed by atoms with Gasteiger partial charge in [-0.2, -0.15) is 0 Å². The van der Waals surface area contributed by atoms with E-state index in [1.165, 1.54) is 6.07 Å². The highest BCUT2D eigenvalue weighted by molar-refractivity contribution is 5.91. The molecular formula is C18H16FN3O. The summed E-state index contributed by atoms with van der Waals surface area (Å²) in [5.41, 5.74) is 0.760. The van der Waals surface area contributed by atoms with Gasteiger partial charge in [0.2, 0.25) is 5.91 Å². The van der Waals surface area contributed by atoms with E-state index in [9.17, 15) is 9.18 Å². The minimum absolute atomic E-state index is 0.129. The third-order valence-electron chi connectivity index (χ3n) is 4.50. The maximum atomic E-state index is 14.0. The van der Waals surface area contributed by atoms with Crippen LogP contribution in [0.4, 0.5) is 4.39 Å². The zero-order valence-corrected chi connectivity index (χ0v) is 12.5. The summed E-state index contributed by atoms with van der Waals surface area (Å²) in [6, 6.07) is 12.3. The van der Waals surface area contributed by atoms with E-state index < -0.39 is 5.41 Å². The van der Waals surface area contributed by atoms with Crippen LogP contribution in [0.1, 0.15) is 24.2 Å². The molecule has 0 unspecified atom stereocenters. The van der Waals surface area contributed by atoms with Crippen LogP contribution in [-0.2, 0) is 16.8 Å². The van der Waals surface area contributed by atoms with Crippen molar-refractivity contribution in [2.24, 2.45) is 0 Å². The Labute approximate surface area is 133 Å². The Balaban J connectivity index is 1.54. The number of fused-ring (bicyclic) bond motifs is 1. The molecular weight excluding hydrogens is 293 g/mol. The first-order valence-corrected chi connectivity index (χ1v) is 7.65. The highest BCUT2D eigenvalue weighted by Gasteiger charge is 2.52. The van der Waals surface area contributed by atoms with E-state index in [2.05, 4.69) is 10.3 Å². The van der Waals surface area contributed by atoms with Crippen LogP contribution < -0.4 is 5.32 Å². The summed E-state index contributed by atoms with van der Waals surface area (Å²) in [6.07, 6.45) is 5.04. The fourth-order valence-corrected chi connectivity index (χ4v) is 3.05. The predicted octanol–water partition coefficient (Wildman–Crippen LogP) is 2.82. The lowest BCUT2D eigenvalue weighted by atomic mass is 9.94. The van der Waals surface area contributed by atoms with Gasteiger partial charge in [0, 0.05) is 11.8 Å². The maximum Gasteiger partial charge on any atom is 0.231 e. The molecule has 1 amide bonds. The van der Waals surface area contributed by atoms with Gasteiger partial charge in [-0.1, -0.05) is 24.3 Å². The van der Waals surface area contributed by atoms with Gasteiger partial charge in [-0.05, 0) is 31.0 Å². The summed E-state index contributed by atoms with van der Waals surface area (Å²) in [4.78, 5) is 16.9. The molecule has 1 aromatic carbocycles. The van der Waals surface area contributed by atoms with E-state index >= 15 is 0 Å². The second-order valence-corrected chi connectivity index (χ2v) is 5.91. The normalized spacial score (nSPS) is 15.5. The molecule has 1 aliphatic carbocycles. The Kier molecular flexibility index (Phi) is 3.15. The number of carbonyl (C=O) groups excluding carboxylic acids is 1. The van der Waals surface area contributed by atoms with Gasteiger partial charge >= 0.3 is 0 Å². The summed E-state index contributed by atoms with van der Waals surface area (Å²) in [5.74, 6) is 0.319. The Morgan fingerprint density at radius 1 is 1.22 bits per heavy atom. The van der Waals surface area contributed by atoms with Gasteiger partial charge in [-0.3, -0.25) is 4.79 Å². The number of pyridine rings is 1. The number of rotatable bonds is 4. The number of hydrogen-bond acceptors (Lipinski definition) is 2. The molecule has 0 atom stereocenters. The van der Waals surface area contributed by atoms with Crippen LogP contribution in [0, 0.1) is 5.82 Å². The minimum Gasteiger partial charge on any atom is -0.348 e. The van der Waals surface area contributed by atoms with Crippen molar-refractivity contribution in [2.75, 3.05) is 0 Å². The van der Waals surface area contributed by atoms with Crippen LogP contribution >= 0.6 is 0 Å². The Bertz CT molecular complexity index is 883. The molecule has 4 rings (SSSR count). The number of imidazole rings is 1. The van der Waals surface area contributed by atoms with Crippen molar-refractivity contribution in [2.45, 2.75) is 24.8 Å². The predicted molar refractivity (Wildman–Crippen MR) is 84.4 cm³/mol. The topological polar surface area (TPSA) is 46.4 Å². The third-order valence-corrected chi connectivity index (χ3v) is 4.50. The van der Waals surface area contributed by atoms with Crippen molar-refractivity contribution in [3.63, 3.8) is 0 Å². The maximum absolute atomic E-state index is 14.0. The summed E-state index contributed by atoms with van der Waals surface area (Å²) in [5, 5.41) is 2.92. The van der Waals surface area contributed by atoms with Gasteiger partial charge in [0.1, 0.15) is 11.6 Å². The van der Waals surface area contributed by atoms with Crippen LogP contribution in [0.2, 0.25) is 0 Å². The van der Waals surface area contributed by atoms with E-state index in [-0.39, 0.29) is 11.7 Å². The minimum atomic E-state index is -0.710. The first-order chi connectivity index (χ1) is 11.2. The Hall–Kier alpha value is -2.69. The number of hydrogen-bond donors (Lipinski definition) is 1. The van der Waals surface area contributed by atoms with Crippen LogP contribution in [0.25, 0.3) is 5.52 Å². The van der Waals surface area contributed by atoms with E-state index in [1.54, 1.807) is 24.4 Å². The largest absolute Gasteiger partial charge is 0.348 e. The van der Waals surface area contributed by atoms with Crippen molar-refractivity contribution in [1.29, 1.82) is 0 Å². The number of nitrogens with zero attached hydrogens (tertiary/aromatic N) is 2. The number of benzene rings is 1. The quantitative estimate of drug-likeness (QED) is 0.805. The zero-order chi connectivity index (χ0) is 15.9. The van der Waals surface area contributed by atoms with Crippen molar-refractivity contribution >= 4 is 11.4 Å². The number of aromatic nitrogens is 2. The number of amides is 1. The first kappa shape index (κ1) is 13.9. The first-order valence-electron chi connectivity index (χ1n) is 7.65. The second-order valence-electron chi connectivity index (χ2n) is 5.91. The van der Waals surface area contributed by atoms with Gasteiger partial charge in [0.15, 0.2) is 0 Å². The fraction of sp³-hybridized carbons (Fsp3) is 0.222. The smallest absolute Gasteiger partial charge is 0.231 e. The monoisotopic (exact) mass is 309 g/mol. The van der Waals surface area contributed by atoms with Crippen molar-refractivity contribution < 1.29 is 9.18 Å². The average molecular weight is 309 g/mol. The van der Waals surface area contributed by atoms with Crippen LogP contribution in [0.5, 0.6) is 0 Å². The van der Waals surface area contributed by atoms with Crippen LogP contribution in [-0.4, -0.2) is 15.3 Å². The molecule has 1 fully saturated rings. The summed E-state index contributed by atoms with van der Waals surface area (Å²) < 4.78 is 15.9. The van der Waals surface area contributed by atoms with Gasteiger partial charge in [0.25, 0.3) is 0 Å². The van der Waals surface area contributed by atoms with E-state index in [0.717, 1.165) is 11.3 Å². The van der Waals surface area contributed by atoms with Crippen molar-refractivity contribution in [3.05, 3.63) is 72.1 Å². The molecule has 2 heterocycles. The molecule has 3 aromatic rings. The van der Waals surface area contributed by atoms with Gasteiger partial charge in [0.05, 0.1) is 23.7 Å². The molecule has 2 aromatic heterocycles. The third kappa shape index (κ3) is 2.29. The molecule has 4 nitrogen and oxygen atoms in total. The molecule has 23 heavy (non-hydrogen) atoms. The van der Waals surface area contributed by atoms with Crippen molar-refractivity contribution in [1.82, 2.24) is 14.7 Å². The molecule has 0 radical (unpaired) electrons. The molecule has 116 valence electrons. The zero-order valence-electron chi connectivity index (χ0n) is 12.5. The molecule has 0 spiro atoms. The van der Waals surface area contributed by atoms with E-state index in [4.69, 9.17) is 0 Å². The molecule has 1 saturated carbocycles. The lowest BCUT2D eigenvalue weighted by Crippen LogP contribution is -2.35. The lowest BCUT2D eigenvalue weighted by Gasteiger charge is -2.16. The van der Waals surface area contributed by atoms with Crippen LogP contribution in [0.3, 0.4) is 0 Å². The average Bonchev–Trinajstić information content (AvgIpc) is 3.28. The standard InChI is InChI=1S/C18H16FN3O/c19-15-7-2-1-6-14(15)18(8-9-18)17(23)21-12-16-20-11-13-5-3-4-10-22(13)16/h1-7,10-11H,8-9,12H2,(H,21,23). The number of halogens is 1. The molecule has 5 heteroatoms. The lowest BCUT2D eigenvalue weighted by molar-refractivity contribution is -0.123. The van der Waals surface area contributed by atoms with Crippen LogP contribution in [0.15, 0.2) is 54.9 Å². The van der Waals surface area contributed by atoms with Crippen molar-refractivity contribution in [3.8, 4) is 0 Å². The highest BCUT2D eigenvalue weighted by Crippen LogP contribution is 2.49. The van der Waals surface area contributed by atoms with Gasteiger partial charge in [-0.25, -0.2) is 9.37 Å². The Morgan fingerprint density at radius 2 is 2.00 bits per heavy atom. The van der Waals surface area contributed by atoms with E-state index in [1.807, 2.05) is 28.8 Å². The summed E-state index contributed by atoms with van der Waals surface area (Å²) in [7, 11) is 0. The SMILES string of the molecule is O=C(NCc1ncc2ccccn12)C1(c2ccccc2F)CC1. The molecule has 0 saturated heterocycles. The molecule has 0 aliphatic heterocycles. The molecule has 1 N–H and O–H groups in total.